The summed E-state index contributed by atoms with van der Waals surface area (Å²) in [7, 11) is 3.63. The van der Waals surface area contributed by atoms with Gasteiger partial charge in [0.25, 0.3) is 5.56 Å². The van der Waals surface area contributed by atoms with Crippen LogP contribution in [0.2, 0.25) is 5.02 Å². The van der Waals surface area contributed by atoms with Crippen LogP contribution in [-0.4, -0.2) is 39.3 Å². The second-order valence-electron chi connectivity index (χ2n) is 7.13. The van der Waals surface area contributed by atoms with E-state index in [4.69, 9.17) is 11.6 Å². The molecule has 0 aliphatic heterocycles. The molecule has 2 aromatic carbocycles. The zero-order valence-electron chi connectivity index (χ0n) is 16.9. The molecule has 1 amide bonds. The van der Waals surface area contributed by atoms with Crippen LogP contribution in [0.5, 0.6) is 0 Å². The van der Waals surface area contributed by atoms with Crippen molar-refractivity contribution in [3.63, 3.8) is 0 Å². The zero-order valence-corrected chi connectivity index (χ0v) is 17.7. The van der Waals surface area contributed by atoms with E-state index in [-0.39, 0.29) is 24.7 Å². The second kappa shape index (κ2) is 9.06. The fraction of sp³-hybridized carbons (Fsp3) is 0.238. The first kappa shape index (κ1) is 21.5. The minimum absolute atomic E-state index is 0.0865. The Morgan fingerprint density at radius 1 is 1.13 bits per heavy atom. The highest BCUT2D eigenvalue weighted by atomic mass is 35.5. The van der Waals surface area contributed by atoms with E-state index in [2.05, 4.69) is 10.4 Å². The molecule has 1 heterocycles. The predicted molar refractivity (Wildman–Crippen MR) is 116 cm³/mol. The molecule has 0 spiro atoms. The van der Waals surface area contributed by atoms with Crippen LogP contribution in [0.3, 0.4) is 0 Å². The van der Waals surface area contributed by atoms with Crippen LogP contribution >= 0.6 is 11.6 Å². The zero-order chi connectivity index (χ0) is 21.8. The molecule has 9 heteroatoms. The highest BCUT2D eigenvalue weighted by molar-refractivity contribution is 6.30. The number of benzene rings is 2. The third-order valence-corrected chi connectivity index (χ3v) is 4.51. The summed E-state index contributed by atoms with van der Waals surface area (Å²) in [4.78, 5) is 39.3. The molecule has 0 aliphatic carbocycles. The SMILES string of the molecule is CC(=O)Nc1cccc(-n2nc(CN(C)C)c(=O)n(Cc3ccc(Cl)cc3)c2=O)c1. The molecule has 0 bridgehead atoms. The lowest BCUT2D eigenvalue weighted by Gasteiger charge is -2.15. The van der Waals surface area contributed by atoms with Crippen molar-refractivity contribution in [3.05, 3.63) is 85.6 Å². The van der Waals surface area contributed by atoms with Crippen molar-refractivity contribution in [2.75, 3.05) is 19.4 Å². The van der Waals surface area contributed by atoms with Crippen LogP contribution in [0, 0.1) is 0 Å². The topological polar surface area (TPSA) is 89.2 Å². The molecule has 1 N–H and O–H groups in total. The number of hydrogen-bond donors (Lipinski definition) is 1. The van der Waals surface area contributed by atoms with Gasteiger partial charge in [-0.05, 0) is 50.0 Å². The van der Waals surface area contributed by atoms with E-state index in [1.54, 1.807) is 53.4 Å². The molecule has 0 fully saturated rings. The van der Waals surface area contributed by atoms with Crippen LogP contribution in [0.15, 0.2) is 58.1 Å². The van der Waals surface area contributed by atoms with Gasteiger partial charge in [-0.1, -0.05) is 29.8 Å². The Labute approximate surface area is 178 Å². The van der Waals surface area contributed by atoms with Gasteiger partial charge in [0.1, 0.15) is 5.69 Å². The lowest BCUT2D eigenvalue weighted by Crippen LogP contribution is -2.44. The Morgan fingerprint density at radius 2 is 1.83 bits per heavy atom. The summed E-state index contributed by atoms with van der Waals surface area (Å²) in [5, 5.41) is 7.57. The number of hydrogen-bond acceptors (Lipinski definition) is 5. The molecule has 3 aromatic rings. The van der Waals surface area contributed by atoms with Crippen molar-refractivity contribution in [3.8, 4) is 5.69 Å². The van der Waals surface area contributed by atoms with Crippen LogP contribution in [0.25, 0.3) is 5.69 Å². The van der Waals surface area contributed by atoms with E-state index in [9.17, 15) is 14.4 Å². The molecule has 0 saturated heterocycles. The van der Waals surface area contributed by atoms with Gasteiger partial charge in [0, 0.05) is 24.2 Å². The van der Waals surface area contributed by atoms with Gasteiger partial charge in [0.15, 0.2) is 0 Å². The summed E-state index contributed by atoms with van der Waals surface area (Å²) in [6, 6.07) is 13.7. The minimum atomic E-state index is -0.572. The van der Waals surface area contributed by atoms with Crippen molar-refractivity contribution in [2.24, 2.45) is 0 Å². The number of nitrogens with one attached hydrogen (secondary N) is 1. The third kappa shape index (κ3) is 5.03. The smallest absolute Gasteiger partial charge is 0.326 e. The van der Waals surface area contributed by atoms with E-state index in [0.29, 0.717) is 16.4 Å². The number of halogens is 1. The fourth-order valence-electron chi connectivity index (χ4n) is 2.96. The van der Waals surface area contributed by atoms with Crippen LogP contribution in [-0.2, 0) is 17.9 Å². The maximum Gasteiger partial charge on any atom is 0.352 e. The van der Waals surface area contributed by atoms with E-state index >= 15 is 0 Å². The second-order valence-corrected chi connectivity index (χ2v) is 7.56. The largest absolute Gasteiger partial charge is 0.352 e. The quantitative estimate of drug-likeness (QED) is 0.650. The highest BCUT2D eigenvalue weighted by Gasteiger charge is 2.16. The number of carbonyl (C=O) groups excluding carboxylic acids is 1. The molecule has 0 atom stereocenters. The Morgan fingerprint density at radius 3 is 2.47 bits per heavy atom. The molecule has 1 aromatic heterocycles. The summed E-state index contributed by atoms with van der Waals surface area (Å²) in [6.07, 6.45) is 0. The van der Waals surface area contributed by atoms with Crippen molar-refractivity contribution < 1.29 is 4.79 Å². The Kier molecular flexibility index (Phi) is 6.49. The number of amides is 1. The molecule has 156 valence electrons. The predicted octanol–water partition coefficient (Wildman–Crippen LogP) is 2.12. The van der Waals surface area contributed by atoms with Crippen molar-refractivity contribution in [2.45, 2.75) is 20.0 Å². The normalized spacial score (nSPS) is 11.0. The van der Waals surface area contributed by atoms with Crippen molar-refractivity contribution in [1.29, 1.82) is 0 Å². The molecule has 0 radical (unpaired) electrons. The average Bonchev–Trinajstić information content (AvgIpc) is 2.68. The maximum absolute atomic E-state index is 13.2. The lowest BCUT2D eigenvalue weighted by molar-refractivity contribution is -0.114. The Balaban J connectivity index is 2.15. The number of anilines is 1. The minimum Gasteiger partial charge on any atom is -0.326 e. The van der Waals surface area contributed by atoms with Crippen LogP contribution in [0.1, 0.15) is 18.2 Å². The lowest BCUT2D eigenvalue weighted by atomic mass is 10.2. The van der Waals surface area contributed by atoms with E-state index in [1.165, 1.54) is 11.6 Å². The van der Waals surface area contributed by atoms with Gasteiger partial charge >= 0.3 is 5.69 Å². The molecule has 3 rings (SSSR count). The van der Waals surface area contributed by atoms with Gasteiger partial charge in [0.05, 0.1) is 12.2 Å². The van der Waals surface area contributed by atoms with Crippen LogP contribution < -0.4 is 16.6 Å². The number of rotatable bonds is 6. The van der Waals surface area contributed by atoms with E-state index < -0.39 is 11.2 Å². The van der Waals surface area contributed by atoms with E-state index in [1.807, 2.05) is 14.1 Å². The molecule has 30 heavy (non-hydrogen) atoms. The molecular weight excluding hydrogens is 406 g/mol. The maximum atomic E-state index is 13.2. The summed E-state index contributed by atoms with van der Waals surface area (Å²) < 4.78 is 2.33. The number of nitrogens with zero attached hydrogens (tertiary/aromatic N) is 4. The number of carbonyl (C=O) groups is 1. The molecule has 0 saturated carbocycles. The third-order valence-electron chi connectivity index (χ3n) is 4.26. The highest BCUT2D eigenvalue weighted by Crippen LogP contribution is 2.13. The number of aromatic nitrogens is 3. The Bertz CT molecular complexity index is 1180. The van der Waals surface area contributed by atoms with Crippen molar-refractivity contribution in [1.82, 2.24) is 19.2 Å². The van der Waals surface area contributed by atoms with E-state index in [0.717, 1.165) is 10.1 Å². The first-order chi connectivity index (χ1) is 14.2. The average molecular weight is 428 g/mol. The summed E-state index contributed by atoms with van der Waals surface area (Å²) in [5.74, 6) is -0.228. The van der Waals surface area contributed by atoms with Gasteiger partial charge < -0.3 is 10.2 Å². The van der Waals surface area contributed by atoms with Crippen molar-refractivity contribution >= 4 is 23.2 Å². The summed E-state index contributed by atoms with van der Waals surface area (Å²) in [5.41, 5.74) is 0.947. The summed E-state index contributed by atoms with van der Waals surface area (Å²) >= 11 is 5.94. The van der Waals surface area contributed by atoms with Crippen LogP contribution in [0.4, 0.5) is 5.69 Å². The molecule has 0 aliphatic rings. The first-order valence-electron chi connectivity index (χ1n) is 9.25. The monoisotopic (exact) mass is 427 g/mol. The van der Waals surface area contributed by atoms with Gasteiger partial charge in [-0.25, -0.2) is 4.79 Å². The standard InChI is InChI=1S/C21H22ClN5O3/c1-14(28)23-17-5-4-6-18(11-17)27-21(30)26(12-15-7-9-16(22)10-8-15)20(29)19(24-27)13-25(2)3/h4-11H,12-13H2,1-3H3,(H,23,28). The fourth-order valence-corrected chi connectivity index (χ4v) is 3.09. The van der Waals surface area contributed by atoms with Gasteiger partial charge in [-0.3, -0.25) is 14.2 Å². The molecular formula is C21H22ClN5O3. The first-order valence-corrected chi connectivity index (χ1v) is 9.62. The molecule has 0 unspecified atom stereocenters. The molecule has 8 nitrogen and oxygen atoms in total. The Hall–Kier alpha value is -3.23. The van der Waals surface area contributed by atoms with Gasteiger partial charge in [-0.2, -0.15) is 9.78 Å². The van der Waals surface area contributed by atoms with Gasteiger partial charge in [-0.15, -0.1) is 0 Å². The summed E-state index contributed by atoms with van der Waals surface area (Å²) in [6.45, 7) is 1.76. The van der Waals surface area contributed by atoms with Gasteiger partial charge in [0.2, 0.25) is 5.91 Å².